The minimum absolute atomic E-state index is 0.196. The Balaban J connectivity index is 1.65. The molecule has 0 unspecified atom stereocenters. The highest BCUT2D eigenvalue weighted by Crippen LogP contribution is 2.27. The molecule has 1 amide bonds. The van der Waals surface area contributed by atoms with Gasteiger partial charge >= 0.3 is 0 Å². The van der Waals surface area contributed by atoms with Crippen molar-refractivity contribution in [1.82, 2.24) is 8.87 Å². The first-order valence-electron chi connectivity index (χ1n) is 10.8. The first-order chi connectivity index (χ1) is 15.8. The third-order valence-corrected chi connectivity index (χ3v) is 8.83. The molecule has 3 aromatic rings. The second-order valence-electron chi connectivity index (χ2n) is 8.12. The summed E-state index contributed by atoms with van der Waals surface area (Å²) in [7, 11) is -1.96. The molecule has 0 bridgehead atoms. The molecule has 0 aliphatic carbocycles. The van der Waals surface area contributed by atoms with Crippen LogP contribution in [0.1, 0.15) is 30.1 Å². The highest BCUT2D eigenvalue weighted by molar-refractivity contribution is 7.89. The van der Waals surface area contributed by atoms with Gasteiger partial charge in [-0.3, -0.25) is 4.79 Å². The maximum absolute atomic E-state index is 12.9. The second-order valence-corrected chi connectivity index (χ2v) is 11.1. The molecule has 1 aromatic heterocycles. The number of carbonyl (C=O) groups excluding carboxylic acids is 1. The number of hydrogen-bond donors (Lipinski definition) is 0. The summed E-state index contributed by atoms with van der Waals surface area (Å²) >= 11 is 1.39. The molecule has 0 N–H and O–H groups in total. The van der Waals surface area contributed by atoms with Gasteiger partial charge < -0.3 is 9.30 Å². The van der Waals surface area contributed by atoms with E-state index in [2.05, 4.69) is 18.5 Å². The Hall–Kier alpha value is -2.75. The Morgan fingerprint density at radius 1 is 1.21 bits per heavy atom. The van der Waals surface area contributed by atoms with Crippen LogP contribution in [0.3, 0.4) is 0 Å². The second kappa shape index (κ2) is 9.62. The van der Waals surface area contributed by atoms with E-state index in [4.69, 9.17) is 4.74 Å². The average Bonchev–Trinajstić information content (AvgIpc) is 3.16. The van der Waals surface area contributed by atoms with Crippen LogP contribution < -0.4 is 9.54 Å². The van der Waals surface area contributed by atoms with Crippen molar-refractivity contribution in [3.63, 3.8) is 0 Å². The van der Waals surface area contributed by atoms with Crippen molar-refractivity contribution in [2.24, 2.45) is 10.9 Å². The first kappa shape index (κ1) is 23.4. The van der Waals surface area contributed by atoms with Crippen molar-refractivity contribution < 1.29 is 17.9 Å². The number of allylic oxidation sites excluding steroid dienone is 1. The molecule has 1 saturated heterocycles. The number of para-hydroxylation sites is 1. The van der Waals surface area contributed by atoms with Crippen molar-refractivity contribution in [3.05, 3.63) is 65.5 Å². The molecule has 1 aliphatic heterocycles. The maximum atomic E-state index is 12.9. The summed E-state index contributed by atoms with van der Waals surface area (Å²) in [4.78, 5) is 18.0. The van der Waals surface area contributed by atoms with Crippen molar-refractivity contribution in [2.45, 2.75) is 31.2 Å². The van der Waals surface area contributed by atoms with Gasteiger partial charge in [-0.1, -0.05) is 30.4 Å². The monoisotopic (exact) mass is 485 g/mol. The minimum atomic E-state index is -3.56. The topological polar surface area (TPSA) is 81.0 Å². The van der Waals surface area contributed by atoms with Crippen LogP contribution in [0.25, 0.3) is 10.2 Å². The minimum Gasteiger partial charge on any atom is -0.495 e. The summed E-state index contributed by atoms with van der Waals surface area (Å²) in [5, 5.41) is 0. The zero-order valence-corrected chi connectivity index (χ0v) is 20.4. The number of amides is 1. The Kier molecular flexibility index (Phi) is 6.83. The number of thiazole rings is 1. The van der Waals surface area contributed by atoms with Crippen LogP contribution >= 0.6 is 11.3 Å². The van der Waals surface area contributed by atoms with Gasteiger partial charge in [0, 0.05) is 25.2 Å². The van der Waals surface area contributed by atoms with Crippen LogP contribution in [0, 0.1) is 5.92 Å². The van der Waals surface area contributed by atoms with Gasteiger partial charge in [0.25, 0.3) is 5.91 Å². The summed E-state index contributed by atoms with van der Waals surface area (Å²) in [5.41, 5.74) is 1.18. The Labute approximate surface area is 197 Å². The number of fused-ring (bicyclic) bond motifs is 1. The van der Waals surface area contributed by atoms with Crippen molar-refractivity contribution in [3.8, 4) is 5.75 Å². The fourth-order valence-corrected chi connectivity index (χ4v) is 6.47. The van der Waals surface area contributed by atoms with Gasteiger partial charge in [-0.05, 0) is 55.2 Å². The summed E-state index contributed by atoms with van der Waals surface area (Å²) in [5.74, 6) is 0.797. The SMILES string of the molecule is C=CCn1c(=NC(=O)c2ccc(S(=O)(=O)N3CCC(C)CC3)cc2)sc2cccc(OC)c21. The predicted octanol–water partition coefficient (Wildman–Crippen LogP) is 4.06. The first-order valence-corrected chi connectivity index (χ1v) is 13.1. The molecule has 7 nitrogen and oxygen atoms in total. The standard InChI is InChI=1S/C24H27N3O4S2/c1-4-14-27-22-20(31-3)6-5-7-21(22)32-24(27)25-23(28)18-8-10-19(11-9-18)33(29,30)26-15-12-17(2)13-16-26/h4-11,17H,1,12-16H2,2-3H3. The summed E-state index contributed by atoms with van der Waals surface area (Å²) in [6.07, 6.45) is 3.46. The van der Waals surface area contributed by atoms with Crippen LogP contribution in [0.4, 0.5) is 0 Å². The fourth-order valence-electron chi connectivity index (χ4n) is 3.94. The maximum Gasteiger partial charge on any atom is 0.279 e. The number of benzene rings is 2. The molecule has 2 heterocycles. The average molecular weight is 486 g/mol. The number of methoxy groups -OCH3 is 1. The summed E-state index contributed by atoms with van der Waals surface area (Å²) in [6, 6.07) is 11.7. The van der Waals surface area contributed by atoms with Crippen LogP contribution in [-0.4, -0.2) is 43.4 Å². The Bertz CT molecular complexity index is 1350. The Morgan fingerprint density at radius 3 is 2.55 bits per heavy atom. The number of piperidine rings is 1. The lowest BCUT2D eigenvalue weighted by molar-refractivity contribution is 0.0997. The van der Waals surface area contributed by atoms with Gasteiger partial charge in [0.05, 0.1) is 16.7 Å². The summed E-state index contributed by atoms with van der Waals surface area (Å²) in [6.45, 7) is 7.47. The molecule has 0 atom stereocenters. The third kappa shape index (κ3) is 4.66. The van der Waals surface area contributed by atoms with E-state index in [0.717, 1.165) is 23.1 Å². The van der Waals surface area contributed by atoms with Crippen LogP contribution in [0.5, 0.6) is 5.75 Å². The molecule has 9 heteroatoms. The normalized spacial score (nSPS) is 16.2. The quantitative estimate of drug-likeness (QED) is 0.493. The van der Waals surface area contributed by atoms with E-state index >= 15 is 0 Å². The van der Waals surface area contributed by atoms with Gasteiger partial charge in [-0.2, -0.15) is 9.30 Å². The molecular weight excluding hydrogens is 458 g/mol. The van der Waals surface area contributed by atoms with Crippen molar-refractivity contribution in [1.29, 1.82) is 0 Å². The fraction of sp³-hybridized carbons (Fsp3) is 0.333. The van der Waals surface area contributed by atoms with Gasteiger partial charge in [0.1, 0.15) is 11.3 Å². The molecule has 174 valence electrons. The highest BCUT2D eigenvalue weighted by Gasteiger charge is 2.28. The largest absolute Gasteiger partial charge is 0.495 e. The number of sulfonamides is 1. The molecule has 1 aliphatic rings. The molecule has 0 spiro atoms. The number of hydrogen-bond acceptors (Lipinski definition) is 5. The summed E-state index contributed by atoms with van der Waals surface area (Å²) < 4.78 is 35.7. The number of rotatable bonds is 6. The van der Waals surface area contributed by atoms with Gasteiger partial charge in [-0.15, -0.1) is 6.58 Å². The lowest BCUT2D eigenvalue weighted by Crippen LogP contribution is -2.37. The Morgan fingerprint density at radius 2 is 1.91 bits per heavy atom. The molecule has 2 aromatic carbocycles. The third-order valence-electron chi connectivity index (χ3n) is 5.87. The zero-order chi connectivity index (χ0) is 23.6. The lowest BCUT2D eigenvalue weighted by atomic mass is 10.0. The van der Waals surface area contributed by atoms with E-state index in [1.807, 2.05) is 22.8 Å². The number of carbonyl (C=O) groups is 1. The van der Waals surface area contributed by atoms with Gasteiger partial charge in [0.15, 0.2) is 4.80 Å². The molecule has 1 fully saturated rings. The van der Waals surface area contributed by atoms with Gasteiger partial charge in [-0.25, -0.2) is 8.42 Å². The molecule has 0 saturated carbocycles. The van der Waals surface area contributed by atoms with E-state index in [0.29, 0.717) is 41.7 Å². The smallest absolute Gasteiger partial charge is 0.279 e. The highest BCUT2D eigenvalue weighted by atomic mass is 32.2. The van der Waals surface area contributed by atoms with E-state index in [1.54, 1.807) is 13.2 Å². The van der Waals surface area contributed by atoms with Crippen molar-refractivity contribution in [2.75, 3.05) is 20.2 Å². The van der Waals surface area contributed by atoms with Crippen LogP contribution in [0.2, 0.25) is 0 Å². The van der Waals surface area contributed by atoms with E-state index in [9.17, 15) is 13.2 Å². The molecule has 0 radical (unpaired) electrons. The van der Waals surface area contributed by atoms with E-state index < -0.39 is 15.9 Å². The number of ether oxygens (including phenoxy) is 1. The van der Waals surface area contributed by atoms with E-state index in [-0.39, 0.29) is 4.90 Å². The zero-order valence-electron chi connectivity index (χ0n) is 18.7. The number of nitrogens with zero attached hydrogens (tertiary/aromatic N) is 3. The van der Waals surface area contributed by atoms with Crippen LogP contribution in [-0.2, 0) is 16.6 Å². The lowest BCUT2D eigenvalue weighted by Gasteiger charge is -2.29. The molecule has 33 heavy (non-hydrogen) atoms. The molecular formula is C24H27N3O4S2. The van der Waals surface area contributed by atoms with Crippen molar-refractivity contribution >= 4 is 37.5 Å². The number of aromatic nitrogens is 1. The van der Waals surface area contributed by atoms with E-state index in [1.165, 1.54) is 39.9 Å². The van der Waals surface area contributed by atoms with Gasteiger partial charge in [0.2, 0.25) is 10.0 Å². The molecule has 4 rings (SSSR count). The predicted molar refractivity (Wildman–Crippen MR) is 130 cm³/mol. The van der Waals surface area contributed by atoms with Crippen LogP contribution in [0.15, 0.2) is 65.0 Å².